The van der Waals surface area contributed by atoms with E-state index in [2.05, 4.69) is 20.3 Å². The number of fused-ring (bicyclic) bond motifs is 1. The van der Waals surface area contributed by atoms with Crippen LogP contribution in [-0.2, 0) is 4.74 Å². The highest BCUT2D eigenvalue weighted by molar-refractivity contribution is 5.71. The summed E-state index contributed by atoms with van der Waals surface area (Å²) in [5, 5.41) is 2.88. The predicted octanol–water partition coefficient (Wildman–Crippen LogP) is 2.52. The Morgan fingerprint density at radius 1 is 1.62 bits per heavy atom. The van der Waals surface area contributed by atoms with Crippen molar-refractivity contribution in [3.05, 3.63) is 16.7 Å². The summed E-state index contributed by atoms with van der Waals surface area (Å²) in [5.74, 6) is -1.31. The van der Waals surface area contributed by atoms with E-state index in [4.69, 9.17) is 12.5 Å². The molecule has 0 saturated carbocycles. The van der Waals surface area contributed by atoms with Crippen LogP contribution in [-0.4, -0.2) is 37.6 Å². The Morgan fingerprint density at radius 3 is 3.04 bits per heavy atom. The molecule has 0 spiro atoms. The lowest BCUT2D eigenvalue weighted by Gasteiger charge is -2.24. The van der Waals surface area contributed by atoms with Crippen LogP contribution in [0.2, 0.25) is 0 Å². The van der Waals surface area contributed by atoms with Crippen LogP contribution in [0.1, 0.15) is 41.2 Å². The van der Waals surface area contributed by atoms with Crippen molar-refractivity contribution in [2.75, 3.05) is 11.9 Å². The van der Waals surface area contributed by atoms with Gasteiger partial charge in [0.25, 0.3) is 5.56 Å². The molecule has 1 saturated heterocycles. The fourth-order valence-corrected chi connectivity index (χ4v) is 3.13. The van der Waals surface area contributed by atoms with E-state index in [0.717, 1.165) is 4.57 Å². The first-order chi connectivity index (χ1) is 12.8. The lowest BCUT2D eigenvalue weighted by atomic mass is 9.86. The first kappa shape index (κ1) is 17.0. The van der Waals surface area contributed by atoms with E-state index < -0.39 is 29.2 Å². The molecule has 0 unspecified atom stereocenters. The summed E-state index contributed by atoms with van der Waals surface area (Å²) in [6.07, 6.45) is 5.52. The zero-order valence-electron chi connectivity index (χ0n) is 15.6. The van der Waals surface area contributed by atoms with Gasteiger partial charge in [0.05, 0.1) is 12.2 Å². The molecule has 7 nitrogen and oxygen atoms in total. The third-order valence-electron chi connectivity index (χ3n) is 4.80. The van der Waals surface area contributed by atoms with E-state index in [1.54, 1.807) is 6.92 Å². The Morgan fingerprint density at radius 2 is 2.38 bits per heavy atom. The summed E-state index contributed by atoms with van der Waals surface area (Å²) in [6, 6.07) is 0. The molecule has 140 valence electrons. The van der Waals surface area contributed by atoms with Crippen LogP contribution >= 0.6 is 0 Å². The minimum absolute atomic E-state index is 0.0296. The Labute approximate surface area is 150 Å². The molecule has 3 rings (SSSR count). The van der Waals surface area contributed by atoms with E-state index in [9.17, 15) is 4.79 Å². The average molecular weight is 367 g/mol. The summed E-state index contributed by atoms with van der Waals surface area (Å²) >= 11 is 0. The number of alkyl halides is 2. The number of H-pyrrole nitrogens is 1. The highest BCUT2D eigenvalue weighted by atomic mass is 19.2. The van der Waals surface area contributed by atoms with Gasteiger partial charge < -0.3 is 10.1 Å². The quantitative estimate of drug-likeness (QED) is 0.627. The van der Waals surface area contributed by atoms with Crippen LogP contribution in [0.5, 0.6) is 0 Å². The number of rotatable bonds is 5. The number of terminal acetylenes is 1. The molecule has 0 aromatic carbocycles. The molecule has 26 heavy (non-hydrogen) atoms. The number of aromatic amines is 1. The van der Waals surface area contributed by atoms with Crippen LogP contribution < -0.4 is 10.9 Å². The van der Waals surface area contributed by atoms with Crippen molar-refractivity contribution in [2.24, 2.45) is 5.92 Å². The molecule has 0 radical (unpaired) electrons. The van der Waals surface area contributed by atoms with Gasteiger partial charge in [0.15, 0.2) is 17.4 Å². The van der Waals surface area contributed by atoms with Crippen LogP contribution in [0.15, 0.2) is 11.1 Å². The largest absolute Gasteiger partial charge is 0.356 e. The van der Waals surface area contributed by atoms with Crippen molar-refractivity contribution in [1.29, 1.82) is 0 Å². The monoisotopic (exact) mass is 367 g/mol. The van der Waals surface area contributed by atoms with Gasteiger partial charge in [-0.05, 0) is 6.42 Å². The number of hydrogen-bond donors (Lipinski definition) is 2. The molecule has 2 aromatic heterocycles. The molecule has 0 bridgehead atoms. The maximum Gasteiger partial charge on any atom is 0.280 e. The van der Waals surface area contributed by atoms with E-state index in [-0.39, 0.29) is 30.4 Å². The predicted molar refractivity (Wildman–Crippen MR) is 93.0 cm³/mol. The molecule has 3 heterocycles. The minimum Gasteiger partial charge on any atom is -0.356 e. The second-order valence-electron chi connectivity index (χ2n) is 6.26. The fraction of sp³-hybridized carbons (Fsp3) is 0.588. The second-order valence-corrected chi connectivity index (χ2v) is 6.26. The third-order valence-corrected chi connectivity index (χ3v) is 4.80. The lowest BCUT2D eigenvalue weighted by molar-refractivity contribution is -0.171. The number of aromatic nitrogens is 4. The number of imidazole rings is 1. The summed E-state index contributed by atoms with van der Waals surface area (Å²) < 4.78 is 44.2. The van der Waals surface area contributed by atoms with Gasteiger partial charge in [-0.1, -0.05) is 26.7 Å². The zero-order chi connectivity index (χ0) is 19.8. The Balaban J connectivity index is 2.08. The summed E-state index contributed by atoms with van der Waals surface area (Å²) in [7, 11) is 0. The molecule has 1 fully saturated rings. The number of nitrogens with zero attached hydrogens (tertiary/aromatic N) is 3. The van der Waals surface area contributed by atoms with E-state index >= 15 is 8.78 Å². The highest BCUT2D eigenvalue weighted by Crippen LogP contribution is 2.53. The summed E-state index contributed by atoms with van der Waals surface area (Å²) in [4.78, 5) is 23.0. The van der Waals surface area contributed by atoms with Gasteiger partial charge in [0.1, 0.15) is 0 Å². The molecule has 0 aliphatic carbocycles. The second kappa shape index (κ2) is 6.36. The lowest BCUT2D eigenvalue weighted by Crippen LogP contribution is -2.38. The van der Waals surface area contributed by atoms with Crippen molar-refractivity contribution in [3.63, 3.8) is 0 Å². The number of nitrogens with one attached hydrogen (secondary N) is 2. The van der Waals surface area contributed by atoms with Crippen molar-refractivity contribution in [3.8, 4) is 12.3 Å². The van der Waals surface area contributed by atoms with Crippen LogP contribution in [0.3, 0.4) is 0 Å². The third kappa shape index (κ3) is 2.56. The van der Waals surface area contributed by atoms with Gasteiger partial charge >= 0.3 is 0 Å². The van der Waals surface area contributed by atoms with Gasteiger partial charge in [0, 0.05) is 14.3 Å². The van der Waals surface area contributed by atoms with Crippen LogP contribution in [0.4, 0.5) is 14.7 Å². The van der Waals surface area contributed by atoms with E-state index in [1.807, 2.05) is 5.92 Å². The van der Waals surface area contributed by atoms with E-state index in [0.29, 0.717) is 13.0 Å². The van der Waals surface area contributed by atoms with Gasteiger partial charge in [-0.25, -0.2) is 13.8 Å². The van der Waals surface area contributed by atoms with Gasteiger partial charge in [-0.2, -0.15) is 4.98 Å². The van der Waals surface area contributed by atoms with Crippen LogP contribution in [0.25, 0.3) is 11.2 Å². The summed E-state index contributed by atoms with van der Waals surface area (Å²) in [6.45, 7) is 3.53. The molecule has 2 N–H and O–H groups in total. The van der Waals surface area contributed by atoms with Gasteiger partial charge in [-0.15, -0.1) is 6.42 Å². The SMILES string of the molecule is [3H]CCCNc1nc2c(ncn2[C@@H]2O[C@](F)(CC)[C@@H](C)[C@]2(F)C#C)c(=O)[nH]1. The Hall–Kier alpha value is -2.47. The maximum absolute atomic E-state index is 15.5. The average Bonchev–Trinajstić information content (AvgIpc) is 3.16. The number of anilines is 1. The molecule has 2 aromatic rings. The topological polar surface area (TPSA) is 84.8 Å². The van der Waals surface area contributed by atoms with Crippen molar-refractivity contribution < 1.29 is 14.9 Å². The molecule has 1 aliphatic heterocycles. The smallest absolute Gasteiger partial charge is 0.280 e. The number of ether oxygens (including phenoxy) is 1. The van der Waals surface area contributed by atoms with Gasteiger partial charge in [-0.3, -0.25) is 14.3 Å². The minimum atomic E-state index is -2.44. The highest BCUT2D eigenvalue weighted by Gasteiger charge is 2.63. The first-order valence-electron chi connectivity index (χ1n) is 9.04. The maximum atomic E-state index is 15.5. The standard InChI is InChI=1S/C17H21F2N5O2/c1-5-8-20-15-22-12-11(13(25)23-15)21-9-24(12)14-16(18,6-2)10(4)17(19,7-3)26-14/h2,9-10,14H,5,7-8H2,1,3-4H3,(H2,20,22,23,25)/t10-,14+,16+,17+/m0/s1/i1T. The molecule has 9 heteroatoms. The van der Waals surface area contributed by atoms with Crippen molar-refractivity contribution in [1.82, 2.24) is 19.5 Å². The van der Waals surface area contributed by atoms with E-state index in [1.165, 1.54) is 13.3 Å². The normalized spacial score (nSPS) is 31.7. The summed E-state index contributed by atoms with van der Waals surface area (Å²) in [5.41, 5.74) is -2.99. The molecule has 1 aliphatic rings. The molecule has 4 atom stereocenters. The number of halogens is 2. The number of hydrogen-bond acceptors (Lipinski definition) is 5. The Bertz CT molecular complexity index is 942. The fourth-order valence-electron chi connectivity index (χ4n) is 3.13. The van der Waals surface area contributed by atoms with Gasteiger partial charge in [0.2, 0.25) is 17.5 Å². The first-order valence-corrected chi connectivity index (χ1v) is 8.34. The Kier molecular flexibility index (Phi) is 4.15. The molecule has 0 amide bonds. The van der Waals surface area contributed by atoms with Crippen molar-refractivity contribution in [2.45, 2.75) is 51.3 Å². The molecular weight excluding hydrogens is 344 g/mol. The zero-order valence-corrected chi connectivity index (χ0v) is 14.6. The molecular formula is C17H21F2N5O2. The van der Waals surface area contributed by atoms with Crippen molar-refractivity contribution >= 4 is 17.1 Å². The van der Waals surface area contributed by atoms with Crippen LogP contribution in [0, 0.1) is 18.3 Å².